The Hall–Kier alpha value is -0.810. The van der Waals surface area contributed by atoms with Gasteiger partial charge >= 0.3 is 0 Å². The minimum absolute atomic E-state index is 0.450. The fraction of sp³-hybridized carbons (Fsp3) is 0.750. The average Bonchev–Trinajstić information content (AvgIpc) is 2.22. The van der Waals surface area contributed by atoms with E-state index in [9.17, 15) is 4.79 Å². The minimum Gasteiger partial charge on any atom is -0.366 e. The van der Waals surface area contributed by atoms with Gasteiger partial charge in [0.2, 0.25) is 0 Å². The number of aldehydes is 1. The van der Waals surface area contributed by atoms with E-state index in [1.165, 1.54) is 0 Å². The third-order valence-corrected chi connectivity index (χ3v) is 2.20. The molecule has 0 radical (unpaired) electrons. The molecule has 80 valence electrons. The van der Waals surface area contributed by atoms with Crippen molar-refractivity contribution in [1.29, 1.82) is 0 Å². The highest BCUT2D eigenvalue weighted by Gasteiger charge is 2.19. The molecule has 0 aliphatic carbocycles. The summed E-state index contributed by atoms with van der Waals surface area (Å²) in [6.45, 7) is 4.07. The first kappa shape index (κ1) is 13.2. The molecule has 0 aromatic heterocycles. The highest BCUT2D eigenvalue weighted by atomic mass is 16.5. The van der Waals surface area contributed by atoms with Crippen molar-refractivity contribution >= 4 is 6.29 Å². The first-order valence-corrected chi connectivity index (χ1v) is 5.17. The van der Waals surface area contributed by atoms with Crippen LogP contribution < -0.4 is 0 Å². The maximum atomic E-state index is 10.2. The van der Waals surface area contributed by atoms with Gasteiger partial charge in [-0.05, 0) is 19.8 Å². The van der Waals surface area contributed by atoms with Gasteiger partial charge < -0.3 is 9.53 Å². The Morgan fingerprint density at radius 3 is 2.71 bits per heavy atom. The van der Waals surface area contributed by atoms with Crippen LogP contribution in [0.25, 0.3) is 0 Å². The maximum Gasteiger partial charge on any atom is 0.125 e. The summed E-state index contributed by atoms with van der Waals surface area (Å²) in [6.07, 6.45) is 5.29. The highest BCUT2D eigenvalue weighted by Crippen LogP contribution is 2.14. The molecule has 0 heterocycles. The van der Waals surface area contributed by atoms with Gasteiger partial charge in [0.25, 0.3) is 0 Å². The molecule has 0 fully saturated rings. The van der Waals surface area contributed by atoms with Crippen LogP contribution in [0.1, 0.15) is 46.0 Å². The van der Waals surface area contributed by atoms with Gasteiger partial charge in [-0.1, -0.05) is 19.3 Å². The van der Waals surface area contributed by atoms with Crippen LogP contribution in [0.15, 0.2) is 0 Å². The number of hydrogen-bond acceptors (Lipinski definition) is 2. The van der Waals surface area contributed by atoms with E-state index in [1.54, 1.807) is 7.11 Å². The van der Waals surface area contributed by atoms with E-state index in [2.05, 4.69) is 18.8 Å². The molecule has 2 nitrogen and oxygen atoms in total. The van der Waals surface area contributed by atoms with Crippen molar-refractivity contribution in [3.05, 3.63) is 0 Å². The summed E-state index contributed by atoms with van der Waals surface area (Å²) in [4.78, 5) is 10.2. The second-order valence-electron chi connectivity index (χ2n) is 3.55. The molecular weight excluding hydrogens is 176 g/mol. The van der Waals surface area contributed by atoms with Crippen molar-refractivity contribution in [2.45, 2.75) is 51.6 Å². The molecule has 0 spiro atoms. The van der Waals surface area contributed by atoms with Gasteiger partial charge in [-0.2, -0.15) is 0 Å². The molecule has 1 atom stereocenters. The Bertz CT molecular complexity index is 212. The van der Waals surface area contributed by atoms with Crippen LogP contribution in [0.4, 0.5) is 0 Å². The quantitative estimate of drug-likeness (QED) is 0.371. The number of carbonyl (C=O) groups is 1. The van der Waals surface area contributed by atoms with Crippen molar-refractivity contribution in [3.8, 4) is 11.8 Å². The minimum atomic E-state index is -0.450. The zero-order valence-electron chi connectivity index (χ0n) is 9.43. The van der Waals surface area contributed by atoms with Crippen molar-refractivity contribution in [3.63, 3.8) is 0 Å². The van der Waals surface area contributed by atoms with Gasteiger partial charge in [0, 0.05) is 20.0 Å². The monoisotopic (exact) mass is 196 g/mol. The lowest BCUT2D eigenvalue weighted by molar-refractivity contribution is -0.108. The van der Waals surface area contributed by atoms with Gasteiger partial charge in [-0.3, -0.25) is 0 Å². The second-order valence-corrected chi connectivity index (χ2v) is 3.55. The van der Waals surface area contributed by atoms with E-state index in [0.29, 0.717) is 12.8 Å². The molecule has 0 saturated carbocycles. The molecular formula is C12H20O2. The van der Waals surface area contributed by atoms with E-state index in [1.807, 2.05) is 6.92 Å². The molecule has 0 saturated heterocycles. The zero-order valence-corrected chi connectivity index (χ0v) is 9.43. The summed E-state index contributed by atoms with van der Waals surface area (Å²) in [5.41, 5.74) is -0.450. The summed E-state index contributed by atoms with van der Waals surface area (Å²) in [5, 5.41) is 0. The van der Waals surface area contributed by atoms with Crippen LogP contribution in [0.5, 0.6) is 0 Å². The van der Waals surface area contributed by atoms with E-state index in [4.69, 9.17) is 4.74 Å². The molecule has 14 heavy (non-hydrogen) atoms. The highest BCUT2D eigenvalue weighted by molar-refractivity contribution is 5.49. The van der Waals surface area contributed by atoms with Gasteiger partial charge in [-0.25, -0.2) is 0 Å². The van der Waals surface area contributed by atoms with Gasteiger partial charge in [0.05, 0.1) is 0 Å². The first-order valence-electron chi connectivity index (χ1n) is 5.17. The lowest BCUT2D eigenvalue weighted by atomic mass is 10.0. The first-order chi connectivity index (χ1) is 6.68. The van der Waals surface area contributed by atoms with Crippen LogP contribution in [-0.4, -0.2) is 19.0 Å². The Morgan fingerprint density at radius 2 is 2.21 bits per heavy atom. The van der Waals surface area contributed by atoms with E-state index in [-0.39, 0.29) is 0 Å². The molecule has 0 bridgehead atoms. The Kier molecular flexibility index (Phi) is 7.14. The molecule has 2 heteroatoms. The SMILES string of the molecule is CCCCC#CC(C)(CCC=O)OC. The van der Waals surface area contributed by atoms with Crippen LogP contribution >= 0.6 is 0 Å². The standard InChI is InChI=1S/C12H20O2/c1-4-5-6-7-9-12(2,14-3)10-8-11-13/h11H,4-6,8,10H2,1-3H3. The molecule has 0 N–H and O–H groups in total. The molecule has 0 aliphatic rings. The predicted octanol–water partition coefficient (Wildman–Crippen LogP) is 2.56. The topological polar surface area (TPSA) is 26.3 Å². The van der Waals surface area contributed by atoms with E-state index < -0.39 is 5.60 Å². The zero-order chi connectivity index (χ0) is 10.9. The van der Waals surface area contributed by atoms with Gasteiger partial charge in [0.1, 0.15) is 11.9 Å². The summed E-state index contributed by atoms with van der Waals surface area (Å²) >= 11 is 0. The van der Waals surface area contributed by atoms with Crippen LogP contribution in [0, 0.1) is 11.8 Å². The molecule has 0 aliphatic heterocycles. The molecule has 0 amide bonds. The normalized spacial score (nSPS) is 13.9. The fourth-order valence-electron chi connectivity index (χ4n) is 1.06. The second kappa shape index (κ2) is 7.58. The Labute approximate surface area is 87.0 Å². The Balaban J connectivity index is 4.05. The average molecular weight is 196 g/mol. The number of rotatable bonds is 6. The molecule has 0 aromatic rings. The van der Waals surface area contributed by atoms with Crippen LogP contribution in [0.2, 0.25) is 0 Å². The number of carbonyl (C=O) groups excluding carboxylic acids is 1. The summed E-state index contributed by atoms with van der Waals surface area (Å²) < 4.78 is 5.29. The van der Waals surface area contributed by atoms with E-state index in [0.717, 1.165) is 25.5 Å². The number of unbranched alkanes of at least 4 members (excludes halogenated alkanes) is 2. The molecule has 0 rings (SSSR count). The Morgan fingerprint density at radius 1 is 1.50 bits per heavy atom. The summed E-state index contributed by atoms with van der Waals surface area (Å²) in [7, 11) is 1.64. The fourth-order valence-corrected chi connectivity index (χ4v) is 1.06. The smallest absolute Gasteiger partial charge is 0.125 e. The molecule has 1 unspecified atom stereocenters. The van der Waals surface area contributed by atoms with Gasteiger partial charge in [0.15, 0.2) is 0 Å². The lowest BCUT2D eigenvalue weighted by Gasteiger charge is -2.20. The van der Waals surface area contributed by atoms with Crippen molar-refractivity contribution in [1.82, 2.24) is 0 Å². The summed E-state index contributed by atoms with van der Waals surface area (Å²) in [5.74, 6) is 6.18. The van der Waals surface area contributed by atoms with Crippen LogP contribution in [0.3, 0.4) is 0 Å². The van der Waals surface area contributed by atoms with E-state index >= 15 is 0 Å². The summed E-state index contributed by atoms with van der Waals surface area (Å²) in [6, 6.07) is 0. The third kappa shape index (κ3) is 5.77. The number of methoxy groups -OCH3 is 1. The maximum absolute atomic E-state index is 10.2. The largest absolute Gasteiger partial charge is 0.366 e. The van der Waals surface area contributed by atoms with Crippen molar-refractivity contribution in [2.75, 3.05) is 7.11 Å². The van der Waals surface area contributed by atoms with Crippen molar-refractivity contribution in [2.24, 2.45) is 0 Å². The van der Waals surface area contributed by atoms with Crippen molar-refractivity contribution < 1.29 is 9.53 Å². The lowest BCUT2D eigenvalue weighted by Crippen LogP contribution is -2.25. The third-order valence-electron chi connectivity index (χ3n) is 2.20. The molecule has 0 aromatic carbocycles. The predicted molar refractivity (Wildman–Crippen MR) is 58.0 cm³/mol. The van der Waals surface area contributed by atoms with Crippen LogP contribution in [-0.2, 0) is 9.53 Å². The van der Waals surface area contributed by atoms with Gasteiger partial charge in [-0.15, -0.1) is 5.92 Å². The number of hydrogen-bond donors (Lipinski definition) is 0. The number of ether oxygens (including phenoxy) is 1.